The molecular weight excluding hydrogens is 667 g/mol. The summed E-state index contributed by atoms with van der Waals surface area (Å²) < 4.78 is 0. The van der Waals surface area contributed by atoms with Crippen molar-refractivity contribution in [3.8, 4) is 67.5 Å². The smallest absolute Gasteiger partial charge is 0.164 e. The Kier molecular flexibility index (Phi) is 8.04. The minimum absolute atomic E-state index is 0.541. The van der Waals surface area contributed by atoms with Crippen LogP contribution in [0.1, 0.15) is 22.3 Å². The van der Waals surface area contributed by atoms with Crippen LogP contribution in [0.3, 0.4) is 0 Å². The first kappa shape index (κ1) is 32.4. The van der Waals surface area contributed by atoms with Crippen molar-refractivity contribution in [2.75, 3.05) is 0 Å². The van der Waals surface area contributed by atoms with Crippen molar-refractivity contribution in [3.63, 3.8) is 0 Å². The number of rotatable bonds is 7. The third-order valence-corrected chi connectivity index (χ3v) is 10.8. The highest BCUT2D eigenvalue weighted by Crippen LogP contribution is 2.59. The molecular formula is C52H35N3. The first-order valence-electron chi connectivity index (χ1n) is 18.7. The molecule has 0 saturated heterocycles. The molecule has 9 aromatic rings. The molecule has 0 N–H and O–H groups in total. The highest BCUT2D eigenvalue weighted by atomic mass is 15.0. The van der Waals surface area contributed by atoms with E-state index in [0.717, 1.165) is 33.4 Å². The molecule has 0 saturated carbocycles. The third-order valence-electron chi connectivity index (χ3n) is 10.8. The van der Waals surface area contributed by atoms with Crippen LogP contribution in [0, 0.1) is 0 Å². The molecule has 258 valence electrons. The quantitative estimate of drug-likeness (QED) is 0.166. The molecule has 0 radical (unpaired) electrons. The molecule has 8 aromatic carbocycles. The Balaban J connectivity index is 1.23. The van der Waals surface area contributed by atoms with Gasteiger partial charge in [-0.05, 0) is 55.6 Å². The SMILES string of the molecule is c1ccc(-c2nc(-c3ccccc3)nc(-c3ccccc3-c3ccccc3-c3cccc4c3C(c3ccccc3)(c3ccccc3)c3ccccc3-4)n2)cc1. The van der Waals surface area contributed by atoms with Crippen molar-refractivity contribution in [2.24, 2.45) is 0 Å². The second-order valence-corrected chi connectivity index (χ2v) is 13.9. The number of aromatic nitrogens is 3. The number of hydrogen-bond acceptors (Lipinski definition) is 3. The van der Waals surface area contributed by atoms with E-state index in [0.29, 0.717) is 17.5 Å². The molecule has 1 aliphatic carbocycles. The maximum absolute atomic E-state index is 5.15. The highest BCUT2D eigenvalue weighted by molar-refractivity contribution is 5.97. The summed E-state index contributed by atoms with van der Waals surface area (Å²) in [6.07, 6.45) is 0. The van der Waals surface area contributed by atoms with E-state index in [1.165, 1.54) is 38.9 Å². The van der Waals surface area contributed by atoms with Gasteiger partial charge in [0.05, 0.1) is 5.41 Å². The van der Waals surface area contributed by atoms with Gasteiger partial charge in [0.1, 0.15) is 0 Å². The summed E-state index contributed by atoms with van der Waals surface area (Å²) >= 11 is 0. The van der Waals surface area contributed by atoms with Crippen LogP contribution in [0.4, 0.5) is 0 Å². The number of nitrogens with zero attached hydrogens (tertiary/aromatic N) is 3. The standard InChI is InChI=1S/C52H35N3/c1-5-20-36(21-6-1)49-53-50(37-22-7-2-8-23-37)55-51(54-49)46-32-16-15-30-42(46)40-28-13-14-29-41(40)44-33-19-34-45-43-31-17-18-35-47(43)52(48(44)45,38-24-9-3-10-25-38)39-26-11-4-12-27-39/h1-35H. The topological polar surface area (TPSA) is 38.7 Å². The van der Waals surface area contributed by atoms with Gasteiger partial charge in [-0.25, -0.2) is 15.0 Å². The summed E-state index contributed by atoms with van der Waals surface area (Å²) in [4.78, 5) is 15.3. The zero-order valence-corrected chi connectivity index (χ0v) is 30.0. The van der Waals surface area contributed by atoms with Crippen molar-refractivity contribution >= 4 is 0 Å². The molecule has 3 heteroatoms. The van der Waals surface area contributed by atoms with Crippen LogP contribution in [0.15, 0.2) is 212 Å². The second-order valence-electron chi connectivity index (χ2n) is 13.9. The van der Waals surface area contributed by atoms with Crippen molar-refractivity contribution in [3.05, 3.63) is 235 Å². The zero-order valence-electron chi connectivity index (χ0n) is 30.0. The van der Waals surface area contributed by atoms with Crippen molar-refractivity contribution in [1.29, 1.82) is 0 Å². The minimum Gasteiger partial charge on any atom is -0.208 e. The molecule has 0 atom stereocenters. The van der Waals surface area contributed by atoms with Crippen LogP contribution < -0.4 is 0 Å². The van der Waals surface area contributed by atoms with Crippen molar-refractivity contribution in [2.45, 2.75) is 5.41 Å². The Labute approximate surface area is 321 Å². The van der Waals surface area contributed by atoms with E-state index in [1.807, 2.05) is 36.4 Å². The fraction of sp³-hybridized carbons (Fsp3) is 0.0192. The lowest BCUT2D eigenvalue weighted by Crippen LogP contribution is -2.29. The lowest BCUT2D eigenvalue weighted by Gasteiger charge is -2.35. The van der Waals surface area contributed by atoms with Gasteiger partial charge in [0.15, 0.2) is 17.5 Å². The maximum Gasteiger partial charge on any atom is 0.164 e. The normalized spacial score (nSPS) is 12.5. The molecule has 1 aromatic heterocycles. The second kappa shape index (κ2) is 13.6. The van der Waals surface area contributed by atoms with Gasteiger partial charge < -0.3 is 0 Å². The van der Waals surface area contributed by atoms with E-state index in [-0.39, 0.29) is 0 Å². The summed E-state index contributed by atoms with van der Waals surface area (Å²) in [5, 5.41) is 0. The zero-order chi connectivity index (χ0) is 36.6. The first-order chi connectivity index (χ1) is 27.3. The van der Waals surface area contributed by atoms with E-state index < -0.39 is 5.41 Å². The fourth-order valence-corrected chi connectivity index (χ4v) is 8.52. The molecule has 0 unspecified atom stereocenters. The van der Waals surface area contributed by atoms with E-state index in [1.54, 1.807) is 0 Å². The Morgan fingerprint density at radius 1 is 0.255 bits per heavy atom. The van der Waals surface area contributed by atoms with Gasteiger partial charge in [-0.1, -0.05) is 212 Å². The van der Waals surface area contributed by atoms with E-state index in [9.17, 15) is 0 Å². The molecule has 1 heterocycles. The predicted molar refractivity (Wildman–Crippen MR) is 224 cm³/mol. The molecule has 0 amide bonds. The first-order valence-corrected chi connectivity index (χ1v) is 18.7. The molecule has 0 fully saturated rings. The summed E-state index contributed by atoms with van der Waals surface area (Å²) in [5.74, 6) is 1.91. The Morgan fingerprint density at radius 3 is 1.13 bits per heavy atom. The fourth-order valence-electron chi connectivity index (χ4n) is 8.52. The van der Waals surface area contributed by atoms with Crippen LogP contribution in [-0.2, 0) is 5.41 Å². The van der Waals surface area contributed by atoms with Gasteiger partial charge in [-0.15, -0.1) is 0 Å². The lowest BCUT2D eigenvalue weighted by atomic mass is 9.66. The molecule has 0 spiro atoms. The largest absolute Gasteiger partial charge is 0.208 e. The Bertz CT molecular complexity index is 2700. The van der Waals surface area contributed by atoms with Gasteiger partial charge in [-0.2, -0.15) is 0 Å². The van der Waals surface area contributed by atoms with Crippen LogP contribution in [-0.4, -0.2) is 15.0 Å². The Hall–Kier alpha value is -7.23. The van der Waals surface area contributed by atoms with Crippen LogP contribution in [0.2, 0.25) is 0 Å². The van der Waals surface area contributed by atoms with E-state index in [2.05, 4.69) is 176 Å². The minimum atomic E-state index is -0.541. The van der Waals surface area contributed by atoms with Gasteiger partial charge in [-0.3, -0.25) is 0 Å². The average molecular weight is 702 g/mol. The molecule has 0 bridgehead atoms. The maximum atomic E-state index is 5.15. The van der Waals surface area contributed by atoms with E-state index in [4.69, 9.17) is 15.0 Å². The van der Waals surface area contributed by atoms with Crippen LogP contribution in [0.5, 0.6) is 0 Å². The van der Waals surface area contributed by atoms with Gasteiger partial charge in [0.2, 0.25) is 0 Å². The van der Waals surface area contributed by atoms with Gasteiger partial charge >= 0.3 is 0 Å². The van der Waals surface area contributed by atoms with Crippen LogP contribution >= 0.6 is 0 Å². The summed E-state index contributed by atoms with van der Waals surface area (Å²) in [6, 6.07) is 75.3. The lowest BCUT2D eigenvalue weighted by molar-refractivity contribution is 0.770. The Morgan fingerprint density at radius 2 is 0.600 bits per heavy atom. The van der Waals surface area contributed by atoms with Gasteiger partial charge in [0, 0.05) is 16.7 Å². The number of fused-ring (bicyclic) bond motifs is 3. The van der Waals surface area contributed by atoms with Gasteiger partial charge in [0.25, 0.3) is 0 Å². The predicted octanol–water partition coefficient (Wildman–Crippen LogP) is 12.6. The molecule has 3 nitrogen and oxygen atoms in total. The summed E-state index contributed by atoms with van der Waals surface area (Å²) in [5.41, 5.74) is 14.4. The number of hydrogen-bond donors (Lipinski definition) is 0. The molecule has 55 heavy (non-hydrogen) atoms. The van der Waals surface area contributed by atoms with Crippen molar-refractivity contribution in [1.82, 2.24) is 15.0 Å². The average Bonchev–Trinajstić information content (AvgIpc) is 3.59. The highest BCUT2D eigenvalue weighted by Gasteiger charge is 2.47. The van der Waals surface area contributed by atoms with E-state index >= 15 is 0 Å². The summed E-state index contributed by atoms with van der Waals surface area (Å²) in [7, 11) is 0. The monoisotopic (exact) mass is 701 g/mol. The number of benzene rings is 8. The molecule has 0 aliphatic heterocycles. The summed E-state index contributed by atoms with van der Waals surface area (Å²) in [6.45, 7) is 0. The van der Waals surface area contributed by atoms with Crippen LogP contribution in [0.25, 0.3) is 67.5 Å². The molecule has 10 rings (SSSR count). The van der Waals surface area contributed by atoms with Crippen molar-refractivity contribution < 1.29 is 0 Å². The third kappa shape index (κ3) is 5.40. The molecule has 1 aliphatic rings.